The maximum atomic E-state index is 13.9. The van der Waals surface area contributed by atoms with Crippen LogP contribution in [0.25, 0.3) is 0 Å². The average Bonchev–Trinajstić information content (AvgIpc) is 2.90. The van der Waals surface area contributed by atoms with E-state index in [9.17, 15) is 18.0 Å². The van der Waals surface area contributed by atoms with Gasteiger partial charge < -0.3 is 10.2 Å². The molecule has 0 spiro atoms. The SMILES string of the molecule is CCC(C(=O)NC)N(Cc1ccc(Cl)cc1Cl)C(=O)CN(c1cccc(Cl)c1C)S(=O)(=O)c1ccccc1. The van der Waals surface area contributed by atoms with E-state index >= 15 is 0 Å². The van der Waals surface area contributed by atoms with Crippen LogP contribution in [0.15, 0.2) is 71.6 Å². The lowest BCUT2D eigenvalue weighted by Crippen LogP contribution is -2.51. The van der Waals surface area contributed by atoms with Gasteiger partial charge in [-0.1, -0.05) is 72.1 Å². The van der Waals surface area contributed by atoms with E-state index in [0.717, 1.165) is 4.31 Å². The smallest absolute Gasteiger partial charge is 0.264 e. The second-order valence-electron chi connectivity index (χ2n) is 8.50. The van der Waals surface area contributed by atoms with Crippen LogP contribution in [-0.4, -0.2) is 44.8 Å². The maximum absolute atomic E-state index is 13.9. The minimum absolute atomic E-state index is 0.0119. The van der Waals surface area contributed by atoms with Crippen LogP contribution < -0.4 is 9.62 Å². The van der Waals surface area contributed by atoms with E-state index in [-0.39, 0.29) is 29.5 Å². The Hall–Kier alpha value is -2.78. The molecule has 0 fully saturated rings. The first kappa shape index (κ1) is 29.8. The van der Waals surface area contributed by atoms with E-state index < -0.39 is 28.5 Å². The molecule has 1 unspecified atom stereocenters. The monoisotopic (exact) mass is 595 g/mol. The topological polar surface area (TPSA) is 86.8 Å². The molecule has 3 aromatic carbocycles. The molecule has 1 N–H and O–H groups in total. The Kier molecular flexibility index (Phi) is 10.1. The molecule has 1 atom stereocenters. The fourth-order valence-electron chi connectivity index (χ4n) is 4.02. The Labute approximate surface area is 238 Å². The number of nitrogens with one attached hydrogen (secondary N) is 1. The third kappa shape index (κ3) is 6.61. The van der Waals surface area contributed by atoms with Crippen molar-refractivity contribution in [1.82, 2.24) is 10.2 Å². The molecule has 38 heavy (non-hydrogen) atoms. The number of sulfonamides is 1. The highest BCUT2D eigenvalue weighted by Crippen LogP contribution is 2.31. The fourth-order valence-corrected chi connectivity index (χ4v) is 6.15. The molecule has 0 radical (unpaired) electrons. The molecule has 11 heteroatoms. The average molecular weight is 597 g/mol. The lowest BCUT2D eigenvalue weighted by atomic mass is 10.1. The number of carbonyl (C=O) groups excluding carboxylic acids is 2. The van der Waals surface area contributed by atoms with Gasteiger partial charge in [-0.05, 0) is 60.9 Å². The van der Waals surface area contributed by atoms with Crippen molar-refractivity contribution >= 4 is 62.3 Å². The number of carbonyl (C=O) groups is 2. The number of nitrogens with zero attached hydrogens (tertiary/aromatic N) is 2. The Morgan fingerprint density at radius 3 is 2.24 bits per heavy atom. The van der Waals surface area contributed by atoms with Crippen molar-refractivity contribution in [3.05, 3.63) is 92.9 Å². The lowest BCUT2D eigenvalue weighted by Gasteiger charge is -2.33. The van der Waals surface area contributed by atoms with Crippen LogP contribution in [0.5, 0.6) is 0 Å². The highest BCUT2D eigenvalue weighted by molar-refractivity contribution is 7.92. The van der Waals surface area contributed by atoms with Gasteiger partial charge in [0, 0.05) is 28.7 Å². The molecule has 0 saturated heterocycles. The third-order valence-corrected chi connectivity index (χ3v) is 8.88. The summed E-state index contributed by atoms with van der Waals surface area (Å²) < 4.78 is 28.7. The molecule has 0 aliphatic heterocycles. The molecule has 7 nitrogen and oxygen atoms in total. The van der Waals surface area contributed by atoms with Crippen LogP contribution in [0, 0.1) is 6.92 Å². The summed E-state index contributed by atoms with van der Waals surface area (Å²) in [5.74, 6) is -0.979. The summed E-state index contributed by atoms with van der Waals surface area (Å²) in [6.45, 7) is 2.84. The van der Waals surface area contributed by atoms with Crippen molar-refractivity contribution in [2.45, 2.75) is 37.8 Å². The molecular formula is C27H28Cl3N3O4S. The summed E-state index contributed by atoms with van der Waals surface area (Å²) >= 11 is 18.8. The van der Waals surface area contributed by atoms with Gasteiger partial charge in [0.25, 0.3) is 10.0 Å². The predicted molar refractivity (Wildman–Crippen MR) is 152 cm³/mol. The Balaban J connectivity index is 2.11. The van der Waals surface area contributed by atoms with Crippen molar-refractivity contribution in [2.75, 3.05) is 17.9 Å². The molecule has 0 aliphatic carbocycles. The largest absolute Gasteiger partial charge is 0.357 e. The second kappa shape index (κ2) is 12.8. The number of halogens is 3. The lowest BCUT2D eigenvalue weighted by molar-refractivity contribution is -0.140. The van der Waals surface area contributed by atoms with Crippen molar-refractivity contribution < 1.29 is 18.0 Å². The van der Waals surface area contributed by atoms with E-state index in [1.54, 1.807) is 68.4 Å². The van der Waals surface area contributed by atoms with Gasteiger partial charge in [-0.3, -0.25) is 13.9 Å². The van der Waals surface area contributed by atoms with Gasteiger partial charge in [-0.2, -0.15) is 0 Å². The van der Waals surface area contributed by atoms with Gasteiger partial charge in [0.1, 0.15) is 12.6 Å². The Morgan fingerprint density at radius 1 is 0.947 bits per heavy atom. The summed E-state index contributed by atoms with van der Waals surface area (Å²) in [6, 6.07) is 16.6. The van der Waals surface area contributed by atoms with Gasteiger partial charge in [0.2, 0.25) is 11.8 Å². The number of rotatable bonds is 10. The molecule has 0 aromatic heterocycles. The molecule has 0 bridgehead atoms. The number of hydrogen-bond donors (Lipinski definition) is 1. The van der Waals surface area contributed by atoms with Crippen LogP contribution in [0.1, 0.15) is 24.5 Å². The summed E-state index contributed by atoms with van der Waals surface area (Å²) in [6.07, 6.45) is 0.290. The molecule has 0 heterocycles. The van der Waals surface area contributed by atoms with E-state index in [4.69, 9.17) is 34.8 Å². The van der Waals surface area contributed by atoms with Crippen LogP contribution in [0.4, 0.5) is 5.69 Å². The molecule has 0 aliphatic rings. The fraction of sp³-hybridized carbons (Fsp3) is 0.259. The van der Waals surface area contributed by atoms with Crippen LogP contribution in [0.2, 0.25) is 15.1 Å². The molecule has 202 valence electrons. The zero-order chi connectivity index (χ0) is 28.0. The Morgan fingerprint density at radius 2 is 1.63 bits per heavy atom. The predicted octanol–water partition coefficient (Wildman–Crippen LogP) is 5.70. The minimum atomic E-state index is -4.18. The maximum Gasteiger partial charge on any atom is 0.264 e. The van der Waals surface area contributed by atoms with Gasteiger partial charge in [-0.15, -0.1) is 0 Å². The summed E-state index contributed by atoms with van der Waals surface area (Å²) in [4.78, 5) is 28.1. The zero-order valence-corrected chi connectivity index (χ0v) is 24.2. The van der Waals surface area contributed by atoms with Gasteiger partial charge >= 0.3 is 0 Å². The molecule has 0 saturated carbocycles. The number of hydrogen-bond acceptors (Lipinski definition) is 4. The highest BCUT2D eigenvalue weighted by Gasteiger charge is 2.34. The normalized spacial score (nSPS) is 12.1. The zero-order valence-electron chi connectivity index (χ0n) is 21.1. The van der Waals surface area contributed by atoms with Crippen LogP contribution in [-0.2, 0) is 26.2 Å². The van der Waals surface area contributed by atoms with Crippen molar-refractivity contribution in [2.24, 2.45) is 0 Å². The number of amides is 2. The van der Waals surface area contributed by atoms with E-state index in [0.29, 0.717) is 26.2 Å². The minimum Gasteiger partial charge on any atom is -0.357 e. The second-order valence-corrected chi connectivity index (χ2v) is 11.6. The van der Waals surface area contributed by atoms with Gasteiger partial charge in [0.15, 0.2) is 0 Å². The first-order valence-electron chi connectivity index (χ1n) is 11.8. The van der Waals surface area contributed by atoms with Crippen LogP contribution in [0.3, 0.4) is 0 Å². The molecule has 2 amide bonds. The van der Waals surface area contributed by atoms with Crippen molar-refractivity contribution in [3.63, 3.8) is 0 Å². The Bertz CT molecular complexity index is 1420. The first-order chi connectivity index (χ1) is 18.0. The summed E-state index contributed by atoms with van der Waals surface area (Å²) in [5, 5.41) is 3.68. The molecule has 3 rings (SSSR count). The van der Waals surface area contributed by atoms with Gasteiger partial charge in [0.05, 0.1) is 10.6 Å². The number of benzene rings is 3. The number of likely N-dealkylation sites (N-methyl/N-ethyl adjacent to an activating group) is 1. The molecule has 3 aromatic rings. The van der Waals surface area contributed by atoms with Gasteiger partial charge in [-0.25, -0.2) is 8.42 Å². The van der Waals surface area contributed by atoms with Crippen molar-refractivity contribution in [1.29, 1.82) is 0 Å². The van der Waals surface area contributed by atoms with E-state index in [2.05, 4.69) is 5.32 Å². The van der Waals surface area contributed by atoms with Crippen LogP contribution >= 0.6 is 34.8 Å². The quantitative estimate of drug-likeness (QED) is 0.325. The first-order valence-corrected chi connectivity index (χ1v) is 14.4. The van der Waals surface area contributed by atoms with E-state index in [1.165, 1.54) is 24.1 Å². The third-order valence-electron chi connectivity index (χ3n) is 6.11. The number of anilines is 1. The standard InChI is InChI=1S/C27H28Cl3N3O4S/c1-4-24(27(35)31-3)32(16-19-13-14-20(28)15-23(19)30)26(34)17-33(25-12-8-11-22(29)18(25)2)38(36,37)21-9-6-5-7-10-21/h5-15,24H,4,16-17H2,1-3H3,(H,31,35). The van der Waals surface area contributed by atoms with E-state index in [1.807, 2.05) is 0 Å². The summed E-state index contributed by atoms with van der Waals surface area (Å²) in [7, 11) is -2.71. The van der Waals surface area contributed by atoms with Crippen molar-refractivity contribution in [3.8, 4) is 0 Å². The molecular weight excluding hydrogens is 569 g/mol. The summed E-state index contributed by atoms with van der Waals surface area (Å²) in [5.41, 5.74) is 1.31. The highest BCUT2D eigenvalue weighted by atomic mass is 35.5.